The Kier molecular flexibility index (Phi) is 5.99. The van der Waals surface area contributed by atoms with E-state index in [1.165, 1.54) is 18.5 Å². The number of nitrogens with one attached hydrogen (secondary N) is 1. The van der Waals surface area contributed by atoms with Crippen LogP contribution in [0.1, 0.15) is 25.7 Å². The summed E-state index contributed by atoms with van der Waals surface area (Å²) in [7, 11) is 2.16. The Hall–Kier alpha value is -2.68. The summed E-state index contributed by atoms with van der Waals surface area (Å²) in [6.45, 7) is 2.61. The fraction of sp³-hybridized carbons (Fsp3) is 0.417. The molecule has 0 radical (unpaired) electrons. The van der Waals surface area contributed by atoms with Gasteiger partial charge in [-0.15, -0.1) is 0 Å². The van der Waals surface area contributed by atoms with Crippen molar-refractivity contribution in [2.45, 2.75) is 37.4 Å². The largest absolute Gasteiger partial charge is 0.489 e. The predicted molar refractivity (Wildman–Crippen MR) is 128 cm³/mol. The fourth-order valence-corrected chi connectivity index (χ4v) is 4.81. The predicted octanol–water partition coefficient (Wildman–Crippen LogP) is 4.77. The number of halogens is 2. The molecule has 2 saturated heterocycles. The summed E-state index contributed by atoms with van der Waals surface area (Å²) in [4.78, 5) is 11.0. The Morgan fingerprint density at radius 3 is 2.85 bits per heavy atom. The van der Waals surface area contributed by atoms with Crippen molar-refractivity contribution in [1.82, 2.24) is 14.9 Å². The second-order valence-corrected chi connectivity index (χ2v) is 9.37. The number of hydrogen-bond acceptors (Lipinski definition) is 7. The molecule has 0 aliphatic carbocycles. The molecule has 5 rings (SSSR count). The van der Waals surface area contributed by atoms with Crippen molar-refractivity contribution in [3.05, 3.63) is 47.5 Å². The normalized spacial score (nSPS) is 20.4. The fourth-order valence-electron chi connectivity index (χ4n) is 4.63. The quantitative estimate of drug-likeness (QED) is 0.518. The Morgan fingerprint density at radius 2 is 2.06 bits per heavy atom. The van der Waals surface area contributed by atoms with Gasteiger partial charge in [-0.1, -0.05) is 11.6 Å². The minimum absolute atomic E-state index is 0.00646. The second-order valence-electron chi connectivity index (χ2n) is 8.96. The van der Waals surface area contributed by atoms with Crippen molar-refractivity contribution >= 4 is 39.7 Å². The minimum atomic E-state index is -0.478. The molecule has 1 spiro atoms. The van der Waals surface area contributed by atoms with Crippen LogP contribution in [0.3, 0.4) is 0 Å². The highest BCUT2D eigenvalue weighted by Crippen LogP contribution is 2.39. The Balaban J connectivity index is 1.29. The molecule has 0 saturated carbocycles. The molecule has 3 aromatic rings. The molecule has 1 atom stereocenters. The van der Waals surface area contributed by atoms with E-state index in [1.54, 1.807) is 12.1 Å². The van der Waals surface area contributed by atoms with Gasteiger partial charge >= 0.3 is 0 Å². The molecule has 0 bridgehead atoms. The van der Waals surface area contributed by atoms with Crippen LogP contribution in [0, 0.1) is 5.82 Å². The van der Waals surface area contributed by atoms with Gasteiger partial charge in [-0.05, 0) is 57.0 Å². The van der Waals surface area contributed by atoms with Crippen LogP contribution in [0.2, 0.25) is 5.02 Å². The minimum Gasteiger partial charge on any atom is -0.489 e. The third kappa shape index (κ3) is 4.69. The van der Waals surface area contributed by atoms with Gasteiger partial charge < -0.3 is 25.4 Å². The lowest BCUT2D eigenvalue weighted by Gasteiger charge is -2.37. The summed E-state index contributed by atoms with van der Waals surface area (Å²) in [5.74, 6) is 0.642. The summed E-state index contributed by atoms with van der Waals surface area (Å²) in [6, 6.07) is 8.00. The average molecular weight is 472 g/mol. The summed E-state index contributed by atoms with van der Waals surface area (Å²) in [6.07, 6.45) is 5.74. The molecule has 1 aromatic heterocycles. The highest BCUT2D eigenvalue weighted by atomic mass is 35.5. The van der Waals surface area contributed by atoms with Gasteiger partial charge in [-0.3, -0.25) is 0 Å². The molecule has 174 valence electrons. The van der Waals surface area contributed by atoms with E-state index in [9.17, 15) is 4.39 Å². The van der Waals surface area contributed by atoms with E-state index in [0.29, 0.717) is 35.1 Å². The summed E-state index contributed by atoms with van der Waals surface area (Å²) in [5, 5.41) is 3.91. The van der Waals surface area contributed by atoms with Gasteiger partial charge in [-0.2, -0.15) is 0 Å². The standard InChI is InChI=1S/C24H27ClFN5O2/c1-31-8-6-24(7-9-31)5-4-16(33-24)13-32-22-12-21-17(11-20(22)27)23(29-14-28-21)30-15-2-3-19(26)18(25)10-15/h2-3,10-12,14,16H,4-9,13,27H2,1H3,(H,28,29,30). The molecule has 2 aromatic carbocycles. The topological polar surface area (TPSA) is 85.5 Å². The van der Waals surface area contributed by atoms with Crippen molar-refractivity contribution < 1.29 is 13.9 Å². The molecule has 1 unspecified atom stereocenters. The number of aromatic nitrogens is 2. The molecular weight excluding hydrogens is 445 g/mol. The molecule has 2 aliphatic rings. The van der Waals surface area contributed by atoms with E-state index in [2.05, 4.69) is 27.2 Å². The zero-order valence-corrected chi connectivity index (χ0v) is 19.2. The maximum absolute atomic E-state index is 13.5. The van der Waals surface area contributed by atoms with Gasteiger partial charge in [-0.25, -0.2) is 14.4 Å². The van der Waals surface area contributed by atoms with Crippen LogP contribution < -0.4 is 15.8 Å². The first-order valence-corrected chi connectivity index (χ1v) is 11.5. The van der Waals surface area contributed by atoms with Crippen LogP contribution in [-0.4, -0.2) is 53.3 Å². The number of nitrogen functional groups attached to an aromatic ring is 1. The van der Waals surface area contributed by atoms with Crippen LogP contribution in [-0.2, 0) is 4.74 Å². The Labute approximate surface area is 197 Å². The van der Waals surface area contributed by atoms with Gasteiger partial charge in [0.2, 0.25) is 0 Å². The summed E-state index contributed by atoms with van der Waals surface area (Å²) in [5.41, 5.74) is 8.10. The molecule has 9 heteroatoms. The van der Waals surface area contributed by atoms with E-state index in [1.807, 2.05) is 6.07 Å². The number of likely N-dealkylation sites (tertiary alicyclic amines) is 1. The van der Waals surface area contributed by atoms with Crippen LogP contribution in [0.15, 0.2) is 36.7 Å². The first-order valence-electron chi connectivity index (χ1n) is 11.2. The molecule has 2 fully saturated rings. The van der Waals surface area contributed by atoms with E-state index in [4.69, 9.17) is 26.8 Å². The van der Waals surface area contributed by atoms with Crippen molar-refractivity contribution in [3.63, 3.8) is 0 Å². The number of rotatable bonds is 5. The third-order valence-electron chi connectivity index (χ3n) is 6.61. The van der Waals surface area contributed by atoms with Gasteiger partial charge in [0.05, 0.1) is 27.9 Å². The SMILES string of the molecule is CN1CCC2(CCC(COc3cc4ncnc(Nc5ccc(F)c(Cl)c5)c4cc3N)O2)CC1. The van der Waals surface area contributed by atoms with Gasteiger partial charge in [0, 0.05) is 30.2 Å². The highest BCUT2D eigenvalue weighted by Gasteiger charge is 2.42. The van der Waals surface area contributed by atoms with Crippen molar-refractivity contribution in [1.29, 1.82) is 0 Å². The molecular formula is C24H27ClFN5O2. The molecule has 0 amide bonds. The lowest BCUT2D eigenvalue weighted by molar-refractivity contribution is -0.0839. The number of benzene rings is 2. The Morgan fingerprint density at radius 1 is 1.24 bits per heavy atom. The van der Waals surface area contributed by atoms with Crippen LogP contribution in [0.25, 0.3) is 10.9 Å². The van der Waals surface area contributed by atoms with Crippen LogP contribution in [0.5, 0.6) is 5.75 Å². The number of ether oxygens (including phenoxy) is 2. The lowest BCUT2D eigenvalue weighted by atomic mass is 9.89. The molecule has 7 nitrogen and oxygen atoms in total. The maximum atomic E-state index is 13.5. The zero-order valence-electron chi connectivity index (χ0n) is 18.5. The number of nitrogens with zero attached hydrogens (tertiary/aromatic N) is 3. The van der Waals surface area contributed by atoms with E-state index in [0.717, 1.165) is 44.2 Å². The van der Waals surface area contributed by atoms with Crippen molar-refractivity contribution in [2.75, 3.05) is 37.8 Å². The van der Waals surface area contributed by atoms with E-state index < -0.39 is 5.82 Å². The third-order valence-corrected chi connectivity index (χ3v) is 6.90. The van der Waals surface area contributed by atoms with Crippen molar-refractivity contribution in [2.24, 2.45) is 0 Å². The first-order chi connectivity index (χ1) is 15.9. The smallest absolute Gasteiger partial charge is 0.144 e. The number of fused-ring (bicyclic) bond motifs is 1. The molecule has 2 aliphatic heterocycles. The monoisotopic (exact) mass is 471 g/mol. The van der Waals surface area contributed by atoms with Crippen LogP contribution in [0.4, 0.5) is 21.6 Å². The Bertz CT molecular complexity index is 1170. The number of hydrogen-bond donors (Lipinski definition) is 2. The first kappa shape index (κ1) is 22.1. The van der Waals surface area contributed by atoms with Crippen molar-refractivity contribution in [3.8, 4) is 5.75 Å². The number of anilines is 3. The van der Waals surface area contributed by atoms with Crippen LogP contribution >= 0.6 is 11.6 Å². The molecule has 33 heavy (non-hydrogen) atoms. The highest BCUT2D eigenvalue weighted by molar-refractivity contribution is 6.31. The van der Waals surface area contributed by atoms with Gasteiger partial charge in [0.15, 0.2) is 0 Å². The average Bonchev–Trinajstić information content (AvgIpc) is 3.20. The number of piperidine rings is 1. The van der Waals surface area contributed by atoms with Gasteiger partial charge in [0.25, 0.3) is 0 Å². The molecule has 3 N–H and O–H groups in total. The van der Waals surface area contributed by atoms with E-state index >= 15 is 0 Å². The summed E-state index contributed by atoms with van der Waals surface area (Å²) >= 11 is 5.89. The van der Waals surface area contributed by atoms with Gasteiger partial charge in [0.1, 0.15) is 30.3 Å². The lowest BCUT2D eigenvalue weighted by Crippen LogP contribution is -2.43. The molecule has 3 heterocycles. The summed E-state index contributed by atoms with van der Waals surface area (Å²) < 4.78 is 26.0. The maximum Gasteiger partial charge on any atom is 0.144 e. The number of nitrogens with two attached hydrogens (primary N) is 1. The second kappa shape index (κ2) is 8.93. The zero-order chi connectivity index (χ0) is 23.0. The van der Waals surface area contributed by atoms with E-state index in [-0.39, 0.29) is 16.7 Å².